The van der Waals surface area contributed by atoms with E-state index in [1.807, 2.05) is 0 Å². The van der Waals surface area contributed by atoms with Gasteiger partial charge in [-0.25, -0.2) is 0 Å². The summed E-state index contributed by atoms with van der Waals surface area (Å²) in [5.41, 5.74) is 3.05. The number of fused-ring (bicyclic) bond motifs is 1. The van der Waals surface area contributed by atoms with Crippen LogP contribution in [-0.2, 0) is 18.3 Å². The predicted octanol–water partition coefficient (Wildman–Crippen LogP) is 3.08. The van der Waals surface area contributed by atoms with E-state index in [9.17, 15) is 4.79 Å². The highest BCUT2D eigenvalue weighted by Crippen LogP contribution is 2.48. The molecular formula is C16H18N2O2S. The molecule has 0 spiro atoms. The van der Waals surface area contributed by atoms with E-state index < -0.39 is 0 Å². The van der Waals surface area contributed by atoms with E-state index in [0.29, 0.717) is 12.2 Å². The third kappa shape index (κ3) is 2.29. The number of hydrogen-bond acceptors (Lipinski definition) is 4. The highest BCUT2D eigenvalue weighted by atomic mass is 32.1. The topological polar surface area (TPSA) is 55.1 Å². The van der Waals surface area contributed by atoms with Crippen molar-refractivity contribution in [2.45, 2.75) is 43.9 Å². The maximum absolute atomic E-state index is 12.4. The second-order valence-corrected chi connectivity index (χ2v) is 6.90. The average Bonchev–Trinajstić information content (AvgIpc) is 2.94. The van der Waals surface area contributed by atoms with Crippen molar-refractivity contribution in [3.8, 4) is 0 Å². The van der Waals surface area contributed by atoms with Crippen LogP contribution in [-0.4, -0.2) is 17.6 Å². The maximum atomic E-state index is 12.4. The van der Waals surface area contributed by atoms with Crippen LogP contribution in [0.2, 0.25) is 0 Å². The Hall–Kier alpha value is -1.62. The molecule has 0 bridgehead atoms. The van der Waals surface area contributed by atoms with Gasteiger partial charge in [0.15, 0.2) is 5.69 Å². The molecule has 4 nitrogen and oxygen atoms in total. The number of carbonyl (C=O) groups is 1. The van der Waals surface area contributed by atoms with Crippen molar-refractivity contribution in [1.29, 1.82) is 0 Å². The molecule has 0 aliphatic heterocycles. The Labute approximate surface area is 127 Å². The van der Waals surface area contributed by atoms with Gasteiger partial charge in [-0.1, -0.05) is 5.16 Å². The quantitative estimate of drug-likeness (QED) is 0.944. The molecular weight excluding hydrogens is 284 g/mol. The molecule has 0 unspecified atom stereocenters. The van der Waals surface area contributed by atoms with Crippen LogP contribution < -0.4 is 5.32 Å². The Morgan fingerprint density at radius 1 is 1.38 bits per heavy atom. The average molecular weight is 302 g/mol. The third-order valence-electron chi connectivity index (χ3n) is 4.74. The zero-order valence-electron chi connectivity index (χ0n) is 11.9. The van der Waals surface area contributed by atoms with Crippen molar-refractivity contribution >= 4 is 17.2 Å². The molecule has 0 saturated heterocycles. The Kier molecular flexibility index (Phi) is 3.10. The molecule has 1 amide bonds. The summed E-state index contributed by atoms with van der Waals surface area (Å²) in [4.78, 5) is 12.4. The number of hydrogen-bond donors (Lipinski definition) is 1. The van der Waals surface area contributed by atoms with E-state index in [1.54, 1.807) is 11.3 Å². The third-order valence-corrected chi connectivity index (χ3v) is 5.42. The second kappa shape index (κ2) is 4.98. The van der Waals surface area contributed by atoms with Crippen molar-refractivity contribution in [2.75, 3.05) is 6.54 Å². The molecule has 5 heteroatoms. The zero-order chi connectivity index (χ0) is 14.3. The van der Waals surface area contributed by atoms with E-state index in [-0.39, 0.29) is 11.3 Å². The minimum atomic E-state index is -0.0802. The van der Waals surface area contributed by atoms with Gasteiger partial charge in [0.1, 0.15) is 5.76 Å². The van der Waals surface area contributed by atoms with E-state index in [0.717, 1.165) is 49.8 Å². The molecule has 1 N–H and O–H groups in total. The largest absolute Gasteiger partial charge is 0.360 e. The zero-order valence-corrected chi connectivity index (χ0v) is 12.7. The lowest BCUT2D eigenvalue weighted by molar-refractivity contribution is 0.0940. The number of amides is 1. The summed E-state index contributed by atoms with van der Waals surface area (Å²) in [6.07, 6.45) is 6.38. The molecule has 4 rings (SSSR count). The lowest BCUT2D eigenvalue weighted by Crippen LogP contribution is -2.32. The van der Waals surface area contributed by atoms with Gasteiger partial charge in [-0.3, -0.25) is 4.79 Å². The normalized spacial score (nSPS) is 19.0. The van der Waals surface area contributed by atoms with Crippen LogP contribution in [0.5, 0.6) is 0 Å². The van der Waals surface area contributed by atoms with Crippen molar-refractivity contribution in [1.82, 2.24) is 10.5 Å². The standard InChI is InChI=1S/C16H18N2O2S/c19-15(14-12-3-1-2-4-13(12)20-18-14)17-10-16(6-7-16)11-5-8-21-9-11/h5,8-9H,1-4,6-7,10H2,(H,17,19). The van der Waals surface area contributed by atoms with Crippen molar-refractivity contribution in [3.63, 3.8) is 0 Å². The molecule has 2 aliphatic carbocycles. The van der Waals surface area contributed by atoms with Crippen molar-refractivity contribution in [2.24, 2.45) is 0 Å². The number of nitrogens with one attached hydrogen (secondary N) is 1. The molecule has 1 fully saturated rings. The van der Waals surface area contributed by atoms with Crippen LogP contribution >= 0.6 is 11.3 Å². The Morgan fingerprint density at radius 3 is 3.00 bits per heavy atom. The van der Waals surface area contributed by atoms with Crippen LogP contribution in [0.1, 0.15) is 53.1 Å². The summed E-state index contributed by atoms with van der Waals surface area (Å²) in [6.45, 7) is 0.699. The fraction of sp³-hybridized carbons (Fsp3) is 0.500. The monoisotopic (exact) mass is 302 g/mol. The molecule has 1 saturated carbocycles. The summed E-state index contributed by atoms with van der Waals surface area (Å²) < 4.78 is 5.32. The van der Waals surface area contributed by atoms with Gasteiger partial charge in [0.2, 0.25) is 0 Å². The highest BCUT2D eigenvalue weighted by Gasteiger charge is 2.44. The second-order valence-electron chi connectivity index (χ2n) is 6.12. The summed E-state index contributed by atoms with van der Waals surface area (Å²) in [5.74, 6) is 0.828. The van der Waals surface area contributed by atoms with Gasteiger partial charge < -0.3 is 9.84 Å². The number of aryl methyl sites for hydroxylation is 1. The Balaban J connectivity index is 1.46. The lowest BCUT2D eigenvalue weighted by Gasteiger charge is -2.15. The first-order valence-electron chi connectivity index (χ1n) is 7.57. The van der Waals surface area contributed by atoms with Crippen LogP contribution in [0.25, 0.3) is 0 Å². The first-order valence-corrected chi connectivity index (χ1v) is 8.51. The number of carbonyl (C=O) groups excluding carboxylic acids is 1. The molecule has 110 valence electrons. The first kappa shape index (κ1) is 13.1. The SMILES string of the molecule is O=C(NCC1(c2ccsc2)CC1)c1noc2c1CCCC2. The first-order chi connectivity index (χ1) is 10.3. The van der Waals surface area contributed by atoms with Gasteiger partial charge in [-0.2, -0.15) is 11.3 Å². The van der Waals surface area contributed by atoms with Crippen LogP contribution in [0, 0.1) is 0 Å². The van der Waals surface area contributed by atoms with Crippen molar-refractivity contribution < 1.29 is 9.32 Å². The molecule has 0 atom stereocenters. The highest BCUT2D eigenvalue weighted by molar-refractivity contribution is 7.08. The molecule has 21 heavy (non-hydrogen) atoms. The van der Waals surface area contributed by atoms with Gasteiger partial charge >= 0.3 is 0 Å². The molecule has 0 aromatic carbocycles. The van der Waals surface area contributed by atoms with Crippen LogP contribution in [0.15, 0.2) is 21.3 Å². The Bertz CT molecular complexity index is 656. The smallest absolute Gasteiger partial charge is 0.273 e. The number of thiophene rings is 1. The molecule has 2 heterocycles. The van der Waals surface area contributed by atoms with Gasteiger partial charge in [0.25, 0.3) is 5.91 Å². The van der Waals surface area contributed by atoms with Crippen LogP contribution in [0.3, 0.4) is 0 Å². The van der Waals surface area contributed by atoms with Crippen molar-refractivity contribution in [3.05, 3.63) is 39.4 Å². The van der Waals surface area contributed by atoms with E-state index in [1.165, 1.54) is 5.56 Å². The van der Waals surface area contributed by atoms with Gasteiger partial charge in [-0.05, 0) is 54.5 Å². The van der Waals surface area contributed by atoms with Gasteiger partial charge in [0, 0.05) is 23.9 Å². The molecule has 2 aliphatic rings. The number of rotatable bonds is 4. The van der Waals surface area contributed by atoms with Crippen LogP contribution in [0.4, 0.5) is 0 Å². The number of nitrogens with zero attached hydrogens (tertiary/aromatic N) is 1. The predicted molar refractivity (Wildman–Crippen MR) is 80.7 cm³/mol. The van der Waals surface area contributed by atoms with E-state index >= 15 is 0 Å². The van der Waals surface area contributed by atoms with Gasteiger partial charge in [0.05, 0.1) is 0 Å². The molecule has 0 radical (unpaired) electrons. The van der Waals surface area contributed by atoms with E-state index in [2.05, 4.69) is 27.3 Å². The summed E-state index contributed by atoms with van der Waals surface area (Å²) >= 11 is 1.72. The Morgan fingerprint density at radius 2 is 2.24 bits per heavy atom. The molecule has 2 aromatic rings. The maximum Gasteiger partial charge on any atom is 0.273 e. The van der Waals surface area contributed by atoms with Gasteiger partial charge in [-0.15, -0.1) is 0 Å². The fourth-order valence-corrected chi connectivity index (χ4v) is 3.96. The fourth-order valence-electron chi connectivity index (χ4n) is 3.18. The minimum absolute atomic E-state index is 0.0802. The summed E-state index contributed by atoms with van der Waals surface area (Å²) in [6, 6.07) is 2.17. The van der Waals surface area contributed by atoms with E-state index in [4.69, 9.17) is 4.52 Å². The summed E-state index contributed by atoms with van der Waals surface area (Å²) in [7, 11) is 0. The summed E-state index contributed by atoms with van der Waals surface area (Å²) in [5, 5.41) is 11.4. The number of aromatic nitrogens is 1. The molecule has 2 aromatic heterocycles. The lowest BCUT2D eigenvalue weighted by atomic mass is 9.96. The minimum Gasteiger partial charge on any atom is -0.360 e.